The van der Waals surface area contributed by atoms with Gasteiger partial charge in [-0.25, -0.2) is 4.79 Å². The van der Waals surface area contributed by atoms with Crippen molar-refractivity contribution < 1.29 is 4.79 Å². The highest BCUT2D eigenvalue weighted by Gasteiger charge is 2.18. The Hall–Kier alpha value is -3.00. The van der Waals surface area contributed by atoms with Crippen molar-refractivity contribution in [2.45, 2.75) is 38.2 Å². The summed E-state index contributed by atoms with van der Waals surface area (Å²) in [6.07, 6.45) is 0. The molecule has 4 rings (SSSR count). The number of amides is 2. The Morgan fingerprint density at radius 2 is 1.80 bits per heavy atom. The van der Waals surface area contributed by atoms with Gasteiger partial charge in [-0.05, 0) is 61.7 Å². The zero-order valence-electron chi connectivity index (χ0n) is 19.6. The molecule has 0 fully saturated rings. The maximum absolute atomic E-state index is 12.6. The van der Waals surface area contributed by atoms with E-state index in [2.05, 4.69) is 46.0 Å². The van der Waals surface area contributed by atoms with Gasteiger partial charge in [0.25, 0.3) is 0 Å². The average molecular weight is 526 g/mol. The number of nitrogens with zero attached hydrogens (tertiary/aromatic N) is 3. The first-order valence-corrected chi connectivity index (χ1v) is 12.7. The second-order valence-corrected chi connectivity index (χ2v) is 9.95. The van der Waals surface area contributed by atoms with E-state index in [9.17, 15) is 4.79 Å². The van der Waals surface area contributed by atoms with Crippen molar-refractivity contribution in [3.05, 3.63) is 98.8 Å². The van der Waals surface area contributed by atoms with Crippen LogP contribution in [0.1, 0.15) is 28.1 Å². The van der Waals surface area contributed by atoms with Gasteiger partial charge in [0.15, 0.2) is 11.0 Å². The number of carbonyl (C=O) groups is 1. The SMILES string of the molecule is Cc1cccc(CSc2nnc(CNC(=O)Nc3cccc(C)c3C)n2-c2cc(Cl)ccc2Cl)c1. The van der Waals surface area contributed by atoms with Crippen molar-refractivity contribution in [3.8, 4) is 5.69 Å². The van der Waals surface area contributed by atoms with Gasteiger partial charge in [-0.3, -0.25) is 4.57 Å². The predicted octanol–water partition coefficient (Wildman–Crippen LogP) is 7.11. The molecule has 0 unspecified atom stereocenters. The fraction of sp³-hybridized carbons (Fsp3) is 0.192. The number of rotatable bonds is 7. The molecule has 35 heavy (non-hydrogen) atoms. The maximum Gasteiger partial charge on any atom is 0.319 e. The van der Waals surface area contributed by atoms with Crippen LogP contribution in [0, 0.1) is 20.8 Å². The van der Waals surface area contributed by atoms with Crippen LogP contribution in [0.5, 0.6) is 0 Å². The smallest absolute Gasteiger partial charge is 0.319 e. The molecule has 0 atom stereocenters. The molecule has 0 aliphatic carbocycles. The zero-order chi connectivity index (χ0) is 24.9. The summed E-state index contributed by atoms with van der Waals surface area (Å²) in [5, 5.41) is 16.2. The van der Waals surface area contributed by atoms with Crippen LogP contribution in [0.3, 0.4) is 0 Å². The molecule has 0 spiro atoms. The second kappa shape index (κ2) is 11.2. The molecule has 1 heterocycles. The monoisotopic (exact) mass is 525 g/mol. The van der Waals surface area contributed by atoms with Crippen molar-refractivity contribution in [3.63, 3.8) is 0 Å². The van der Waals surface area contributed by atoms with E-state index in [1.54, 1.807) is 18.2 Å². The van der Waals surface area contributed by atoms with E-state index in [1.807, 2.05) is 42.7 Å². The van der Waals surface area contributed by atoms with Crippen LogP contribution in [0.15, 0.2) is 65.8 Å². The van der Waals surface area contributed by atoms with Gasteiger partial charge < -0.3 is 10.6 Å². The number of hydrogen-bond donors (Lipinski definition) is 2. The molecule has 0 saturated carbocycles. The highest BCUT2D eigenvalue weighted by Crippen LogP contribution is 2.31. The number of carbonyl (C=O) groups excluding carboxylic acids is 1. The molecule has 180 valence electrons. The fourth-order valence-corrected chi connectivity index (χ4v) is 4.84. The van der Waals surface area contributed by atoms with Crippen molar-refractivity contribution in [2.75, 3.05) is 5.32 Å². The van der Waals surface area contributed by atoms with Crippen LogP contribution in [-0.2, 0) is 12.3 Å². The maximum atomic E-state index is 12.6. The Kier molecular flexibility index (Phi) is 8.00. The third kappa shape index (κ3) is 6.17. The number of thioether (sulfide) groups is 1. The summed E-state index contributed by atoms with van der Waals surface area (Å²) >= 11 is 14.3. The van der Waals surface area contributed by atoms with Crippen molar-refractivity contribution >= 4 is 46.7 Å². The van der Waals surface area contributed by atoms with Crippen LogP contribution < -0.4 is 10.6 Å². The molecule has 0 radical (unpaired) electrons. The minimum atomic E-state index is -0.334. The quantitative estimate of drug-likeness (QED) is 0.252. The summed E-state index contributed by atoms with van der Waals surface area (Å²) in [5.41, 5.74) is 5.91. The molecule has 2 amide bonds. The largest absolute Gasteiger partial charge is 0.331 e. The summed E-state index contributed by atoms with van der Waals surface area (Å²) in [6, 6.07) is 19.0. The topological polar surface area (TPSA) is 71.8 Å². The van der Waals surface area contributed by atoms with Gasteiger partial charge in [0.05, 0.1) is 17.3 Å². The van der Waals surface area contributed by atoms with Gasteiger partial charge in [0.1, 0.15) is 0 Å². The second-order valence-electron chi connectivity index (χ2n) is 8.16. The van der Waals surface area contributed by atoms with Crippen LogP contribution in [0.25, 0.3) is 5.69 Å². The van der Waals surface area contributed by atoms with Crippen LogP contribution in [-0.4, -0.2) is 20.8 Å². The number of aromatic nitrogens is 3. The minimum absolute atomic E-state index is 0.150. The Balaban J connectivity index is 1.57. The first-order valence-electron chi connectivity index (χ1n) is 11.0. The van der Waals surface area contributed by atoms with E-state index in [0.29, 0.717) is 32.5 Å². The van der Waals surface area contributed by atoms with E-state index in [4.69, 9.17) is 23.2 Å². The predicted molar refractivity (Wildman–Crippen MR) is 144 cm³/mol. The standard InChI is InChI=1S/C26H25Cl2N5OS/c1-16-6-4-8-19(12-16)15-35-26-32-31-24(33(26)23-13-20(27)10-11-21(23)28)14-29-25(34)30-22-9-5-7-17(2)18(22)3/h4-13H,14-15H2,1-3H3,(H2,29,30,34). The number of anilines is 1. The number of halogens is 2. The number of aryl methyl sites for hydroxylation is 2. The molecule has 2 N–H and O–H groups in total. The van der Waals surface area contributed by atoms with Crippen LogP contribution >= 0.6 is 35.0 Å². The molecule has 9 heteroatoms. The van der Waals surface area contributed by atoms with E-state index in [1.165, 1.54) is 22.9 Å². The van der Waals surface area contributed by atoms with Gasteiger partial charge in [0.2, 0.25) is 0 Å². The molecule has 0 bridgehead atoms. The van der Waals surface area contributed by atoms with E-state index >= 15 is 0 Å². The van der Waals surface area contributed by atoms with Gasteiger partial charge in [-0.15, -0.1) is 10.2 Å². The molecule has 4 aromatic rings. The Morgan fingerprint density at radius 3 is 2.60 bits per heavy atom. The van der Waals surface area contributed by atoms with E-state index in [0.717, 1.165) is 16.8 Å². The minimum Gasteiger partial charge on any atom is -0.331 e. The van der Waals surface area contributed by atoms with E-state index in [-0.39, 0.29) is 12.6 Å². The Bertz CT molecular complexity index is 1370. The molecular weight excluding hydrogens is 501 g/mol. The normalized spacial score (nSPS) is 10.9. The third-order valence-electron chi connectivity index (χ3n) is 5.56. The zero-order valence-corrected chi connectivity index (χ0v) is 21.9. The molecule has 3 aromatic carbocycles. The molecule has 0 saturated heterocycles. The summed E-state index contributed by atoms with van der Waals surface area (Å²) in [4.78, 5) is 12.6. The Morgan fingerprint density at radius 1 is 1.00 bits per heavy atom. The Labute approximate surface area is 219 Å². The third-order valence-corrected chi connectivity index (χ3v) is 7.11. The van der Waals surface area contributed by atoms with Gasteiger partial charge in [0, 0.05) is 16.5 Å². The lowest BCUT2D eigenvalue weighted by atomic mass is 10.1. The highest BCUT2D eigenvalue weighted by atomic mass is 35.5. The lowest BCUT2D eigenvalue weighted by Gasteiger charge is -2.14. The molecule has 0 aliphatic rings. The fourth-order valence-electron chi connectivity index (χ4n) is 3.57. The van der Waals surface area contributed by atoms with Gasteiger partial charge in [-0.1, -0.05) is 76.9 Å². The van der Waals surface area contributed by atoms with Crippen LogP contribution in [0.4, 0.5) is 10.5 Å². The van der Waals surface area contributed by atoms with E-state index < -0.39 is 0 Å². The lowest BCUT2D eigenvalue weighted by Crippen LogP contribution is -2.29. The molecular formula is C26H25Cl2N5OS. The summed E-state index contributed by atoms with van der Waals surface area (Å²) in [7, 11) is 0. The number of urea groups is 1. The van der Waals surface area contributed by atoms with Gasteiger partial charge in [-0.2, -0.15) is 0 Å². The number of hydrogen-bond acceptors (Lipinski definition) is 4. The number of benzene rings is 3. The first kappa shape index (κ1) is 25.1. The summed E-state index contributed by atoms with van der Waals surface area (Å²) in [5.74, 6) is 1.25. The molecule has 0 aliphatic heterocycles. The van der Waals surface area contributed by atoms with Crippen molar-refractivity contribution in [2.24, 2.45) is 0 Å². The lowest BCUT2D eigenvalue weighted by molar-refractivity contribution is 0.251. The summed E-state index contributed by atoms with van der Waals surface area (Å²) < 4.78 is 1.84. The van der Waals surface area contributed by atoms with Gasteiger partial charge >= 0.3 is 6.03 Å². The average Bonchev–Trinajstić information content (AvgIpc) is 3.23. The summed E-state index contributed by atoms with van der Waals surface area (Å²) in [6.45, 7) is 6.19. The van der Waals surface area contributed by atoms with Crippen molar-refractivity contribution in [1.29, 1.82) is 0 Å². The van der Waals surface area contributed by atoms with Crippen LogP contribution in [0.2, 0.25) is 10.0 Å². The molecule has 1 aromatic heterocycles. The molecule has 6 nitrogen and oxygen atoms in total. The highest BCUT2D eigenvalue weighted by molar-refractivity contribution is 7.98. The number of nitrogens with one attached hydrogen (secondary N) is 2. The first-order chi connectivity index (χ1) is 16.8. The van der Waals surface area contributed by atoms with Crippen molar-refractivity contribution in [1.82, 2.24) is 20.1 Å².